The second kappa shape index (κ2) is 9.72. The summed E-state index contributed by atoms with van der Waals surface area (Å²) in [5.41, 5.74) is 3.51. The van der Waals surface area contributed by atoms with Crippen molar-refractivity contribution >= 4 is 27.9 Å². The fraction of sp³-hybridized carbons (Fsp3) is 0.304. The lowest BCUT2D eigenvalue weighted by Crippen LogP contribution is -2.20. The van der Waals surface area contributed by atoms with E-state index in [1.807, 2.05) is 30.3 Å². The Bertz CT molecular complexity index is 745. The quantitative estimate of drug-likeness (QED) is 0.593. The standard InChI is InChI=1S/C23H25BrNO/c24-22-8-4-7-19(16-22)13-14-23(26)25-17-21-11-9-20(10-12-21)15-18-5-2-1-3-6-18/h4,7-14,16H,1-3,5-6,15,17H2,(H,25,26). The molecule has 1 N–H and O–H groups in total. The predicted molar refractivity (Wildman–Crippen MR) is 111 cm³/mol. The summed E-state index contributed by atoms with van der Waals surface area (Å²) in [7, 11) is 0. The van der Waals surface area contributed by atoms with E-state index in [1.165, 1.54) is 37.7 Å². The van der Waals surface area contributed by atoms with Gasteiger partial charge in [-0.15, -0.1) is 0 Å². The second-order valence-electron chi connectivity index (χ2n) is 6.91. The maximum Gasteiger partial charge on any atom is 0.244 e. The first-order valence-electron chi connectivity index (χ1n) is 9.32. The Morgan fingerprint density at radius 3 is 2.46 bits per heavy atom. The van der Waals surface area contributed by atoms with Crippen molar-refractivity contribution < 1.29 is 4.79 Å². The van der Waals surface area contributed by atoms with Crippen molar-refractivity contribution in [1.29, 1.82) is 0 Å². The van der Waals surface area contributed by atoms with Gasteiger partial charge in [0.05, 0.1) is 0 Å². The molecule has 0 aromatic heterocycles. The van der Waals surface area contributed by atoms with E-state index in [9.17, 15) is 4.79 Å². The number of halogens is 1. The highest BCUT2D eigenvalue weighted by Crippen LogP contribution is 2.28. The van der Waals surface area contributed by atoms with E-state index in [1.54, 1.807) is 12.0 Å². The molecule has 1 fully saturated rings. The zero-order valence-corrected chi connectivity index (χ0v) is 16.6. The number of hydrogen-bond donors (Lipinski definition) is 1. The number of amides is 1. The van der Waals surface area contributed by atoms with Gasteiger partial charge in [-0.05, 0) is 60.1 Å². The third kappa shape index (κ3) is 6.14. The molecule has 2 nitrogen and oxygen atoms in total. The van der Waals surface area contributed by atoms with Gasteiger partial charge in [0.15, 0.2) is 0 Å². The predicted octanol–water partition coefficient (Wildman–Crippen LogP) is 5.86. The fourth-order valence-electron chi connectivity index (χ4n) is 3.32. The van der Waals surface area contributed by atoms with Gasteiger partial charge in [-0.1, -0.05) is 71.6 Å². The maximum absolute atomic E-state index is 12.0. The summed E-state index contributed by atoms with van der Waals surface area (Å²) in [6.07, 6.45) is 11.2. The van der Waals surface area contributed by atoms with Crippen LogP contribution in [0.2, 0.25) is 0 Å². The summed E-state index contributed by atoms with van der Waals surface area (Å²) in [6, 6.07) is 16.5. The molecule has 3 rings (SSSR count). The second-order valence-corrected chi connectivity index (χ2v) is 7.83. The van der Waals surface area contributed by atoms with Gasteiger partial charge >= 0.3 is 0 Å². The van der Waals surface area contributed by atoms with Gasteiger partial charge in [0.2, 0.25) is 5.91 Å². The van der Waals surface area contributed by atoms with E-state index in [-0.39, 0.29) is 5.91 Å². The van der Waals surface area contributed by atoms with E-state index < -0.39 is 0 Å². The molecular formula is C23H25BrNO. The van der Waals surface area contributed by atoms with Gasteiger partial charge in [0.1, 0.15) is 0 Å². The normalized spacial score (nSPS) is 15.3. The summed E-state index contributed by atoms with van der Waals surface area (Å²) in [6.45, 7) is 0.554. The molecule has 0 bridgehead atoms. The first-order chi connectivity index (χ1) is 12.7. The first-order valence-corrected chi connectivity index (χ1v) is 10.1. The van der Waals surface area contributed by atoms with Gasteiger partial charge in [-0.2, -0.15) is 0 Å². The summed E-state index contributed by atoms with van der Waals surface area (Å²) >= 11 is 3.43. The van der Waals surface area contributed by atoms with E-state index in [0.29, 0.717) is 6.54 Å². The van der Waals surface area contributed by atoms with Crippen LogP contribution in [0.3, 0.4) is 0 Å². The largest absolute Gasteiger partial charge is 0.348 e. The van der Waals surface area contributed by atoms with Crippen molar-refractivity contribution in [3.05, 3.63) is 81.7 Å². The van der Waals surface area contributed by atoms with E-state index in [0.717, 1.165) is 22.0 Å². The molecule has 26 heavy (non-hydrogen) atoms. The number of carbonyl (C=O) groups is 1. The molecule has 0 heterocycles. The number of carbonyl (C=O) groups excluding carboxylic acids is 1. The summed E-state index contributed by atoms with van der Waals surface area (Å²) in [5.74, 6) is 1.61. The Hall–Kier alpha value is -1.87. The maximum atomic E-state index is 12.0. The number of benzene rings is 2. The topological polar surface area (TPSA) is 29.1 Å². The molecule has 0 unspecified atom stereocenters. The molecule has 1 saturated carbocycles. The monoisotopic (exact) mass is 410 g/mol. The molecule has 1 aliphatic rings. The van der Waals surface area contributed by atoms with Crippen LogP contribution in [-0.4, -0.2) is 5.91 Å². The first kappa shape index (κ1) is 18.9. The Morgan fingerprint density at radius 1 is 1.00 bits per heavy atom. The summed E-state index contributed by atoms with van der Waals surface area (Å²) in [5, 5.41) is 2.94. The van der Waals surface area contributed by atoms with Crippen molar-refractivity contribution in [1.82, 2.24) is 5.32 Å². The zero-order chi connectivity index (χ0) is 18.2. The fourth-order valence-corrected chi connectivity index (χ4v) is 3.74. The van der Waals surface area contributed by atoms with Crippen molar-refractivity contribution in [2.75, 3.05) is 0 Å². The van der Waals surface area contributed by atoms with Crippen molar-refractivity contribution in [3.8, 4) is 0 Å². The molecule has 0 saturated heterocycles. The molecule has 1 radical (unpaired) electrons. The molecule has 0 aliphatic heterocycles. The van der Waals surface area contributed by atoms with E-state index >= 15 is 0 Å². The smallest absolute Gasteiger partial charge is 0.244 e. The van der Waals surface area contributed by atoms with Crippen molar-refractivity contribution in [2.24, 2.45) is 0 Å². The average molecular weight is 411 g/mol. The Morgan fingerprint density at radius 2 is 1.73 bits per heavy atom. The Kier molecular flexibility index (Phi) is 7.07. The molecule has 3 heteroatoms. The third-order valence-electron chi connectivity index (χ3n) is 4.78. The van der Waals surface area contributed by atoms with E-state index in [4.69, 9.17) is 0 Å². The number of rotatable bonds is 6. The molecule has 2 aromatic carbocycles. The lowest BCUT2D eigenvalue weighted by Gasteiger charge is -2.20. The average Bonchev–Trinajstić information content (AvgIpc) is 2.67. The summed E-state index contributed by atoms with van der Waals surface area (Å²) in [4.78, 5) is 12.0. The lowest BCUT2D eigenvalue weighted by molar-refractivity contribution is -0.116. The molecule has 1 aliphatic carbocycles. The van der Waals surface area contributed by atoms with Crippen LogP contribution in [0.15, 0.2) is 59.1 Å². The Balaban J connectivity index is 1.45. The van der Waals surface area contributed by atoms with Crippen LogP contribution in [0.25, 0.3) is 6.08 Å². The molecule has 0 spiro atoms. The van der Waals surface area contributed by atoms with Gasteiger partial charge < -0.3 is 5.32 Å². The van der Waals surface area contributed by atoms with Gasteiger partial charge in [0, 0.05) is 17.1 Å². The van der Waals surface area contributed by atoms with Crippen LogP contribution in [0.5, 0.6) is 0 Å². The van der Waals surface area contributed by atoms with Crippen LogP contribution < -0.4 is 5.32 Å². The molecule has 135 valence electrons. The van der Waals surface area contributed by atoms with Crippen LogP contribution in [0.1, 0.15) is 48.8 Å². The zero-order valence-electron chi connectivity index (χ0n) is 15.0. The molecule has 0 atom stereocenters. The molecule has 2 aromatic rings. The van der Waals surface area contributed by atoms with Gasteiger partial charge in [-0.3, -0.25) is 4.79 Å². The van der Waals surface area contributed by atoms with Crippen LogP contribution in [-0.2, 0) is 17.8 Å². The van der Waals surface area contributed by atoms with Crippen molar-refractivity contribution in [3.63, 3.8) is 0 Å². The minimum atomic E-state index is -0.0770. The number of nitrogens with one attached hydrogen (secondary N) is 1. The highest BCUT2D eigenvalue weighted by atomic mass is 79.9. The van der Waals surface area contributed by atoms with Crippen LogP contribution >= 0.6 is 15.9 Å². The molecular weight excluding hydrogens is 386 g/mol. The highest BCUT2D eigenvalue weighted by molar-refractivity contribution is 9.10. The van der Waals surface area contributed by atoms with E-state index in [2.05, 4.69) is 45.5 Å². The minimum absolute atomic E-state index is 0.0770. The van der Waals surface area contributed by atoms with Crippen LogP contribution in [0, 0.1) is 5.92 Å². The van der Waals surface area contributed by atoms with Crippen LogP contribution in [0.4, 0.5) is 0 Å². The number of hydrogen-bond acceptors (Lipinski definition) is 1. The highest BCUT2D eigenvalue weighted by Gasteiger charge is 2.14. The summed E-state index contributed by atoms with van der Waals surface area (Å²) < 4.78 is 1.01. The lowest BCUT2D eigenvalue weighted by atomic mass is 9.85. The van der Waals surface area contributed by atoms with Gasteiger partial charge in [0.25, 0.3) is 0 Å². The third-order valence-corrected chi connectivity index (χ3v) is 5.27. The minimum Gasteiger partial charge on any atom is -0.348 e. The SMILES string of the molecule is O=C(C=Cc1cccc(Br)c1)NCc1ccc(C[C]2CCCCC2)cc1. The molecule has 1 amide bonds. The Labute approximate surface area is 164 Å². The van der Waals surface area contributed by atoms with Crippen molar-refractivity contribution in [2.45, 2.75) is 45.1 Å². The van der Waals surface area contributed by atoms with Gasteiger partial charge in [-0.25, -0.2) is 0 Å².